The topological polar surface area (TPSA) is 63.2 Å². The minimum Gasteiger partial charge on any atom is -0.493 e. The molecule has 0 bridgehead atoms. The number of nitrogens with zero attached hydrogens (tertiary/aromatic N) is 1. The number of carbonyl (C=O) groups excluding carboxylic acids is 1. The molecule has 1 heterocycles. The van der Waals surface area contributed by atoms with E-state index >= 15 is 0 Å². The number of halogens is 6. The summed E-state index contributed by atoms with van der Waals surface area (Å²) in [5.74, 6) is -1.77. The van der Waals surface area contributed by atoms with Crippen LogP contribution < -0.4 is 15.4 Å². The molecule has 0 aliphatic heterocycles. The van der Waals surface area contributed by atoms with Gasteiger partial charge in [-0.05, 0) is 31.2 Å². The number of hydrogen-bond donors (Lipinski definition) is 2. The van der Waals surface area contributed by atoms with E-state index in [2.05, 4.69) is 4.98 Å². The minimum atomic E-state index is -5.96. The largest absolute Gasteiger partial charge is 0.493 e. The minimum absolute atomic E-state index is 0.0535. The third-order valence-corrected chi connectivity index (χ3v) is 5.12. The first-order chi connectivity index (χ1) is 14.5. The first kappa shape index (κ1) is 22.7. The van der Waals surface area contributed by atoms with Gasteiger partial charge in [-0.3, -0.25) is 4.79 Å². The van der Waals surface area contributed by atoms with Gasteiger partial charge in [-0.25, -0.2) is 4.98 Å². The van der Waals surface area contributed by atoms with E-state index in [1.165, 1.54) is 35.6 Å². The standard InChI is InChI=1S/C19H15F6N3O2S/c1-2-30-13-9-5-3-7-11(13)15(29)27-17(18(20,21)22,19(23,24)25)28-16-26-12-8-4-6-10-14(12)31-16/h3-10H,2H2,1H3,(H,26,28)(H,27,29). The van der Waals surface area contributed by atoms with E-state index in [1.807, 2.05) is 0 Å². The fourth-order valence-corrected chi connectivity index (χ4v) is 3.66. The lowest BCUT2D eigenvalue weighted by molar-refractivity contribution is -0.294. The summed E-state index contributed by atoms with van der Waals surface area (Å²) in [4.78, 5) is 16.3. The third-order valence-electron chi connectivity index (χ3n) is 4.17. The number of rotatable bonds is 6. The van der Waals surface area contributed by atoms with Crippen LogP contribution in [0.2, 0.25) is 0 Å². The van der Waals surface area contributed by atoms with Crippen LogP contribution in [0.1, 0.15) is 17.3 Å². The van der Waals surface area contributed by atoms with Crippen LogP contribution in [-0.4, -0.2) is 35.5 Å². The molecule has 5 nitrogen and oxygen atoms in total. The predicted molar refractivity (Wildman–Crippen MR) is 103 cm³/mol. The van der Waals surface area contributed by atoms with E-state index < -0.39 is 34.6 Å². The number of fused-ring (bicyclic) bond motifs is 1. The van der Waals surface area contributed by atoms with Crippen LogP contribution >= 0.6 is 11.3 Å². The molecule has 0 fully saturated rings. The van der Waals surface area contributed by atoms with Crippen LogP contribution in [-0.2, 0) is 0 Å². The van der Waals surface area contributed by atoms with Crippen molar-refractivity contribution in [3.63, 3.8) is 0 Å². The van der Waals surface area contributed by atoms with Crippen molar-refractivity contribution >= 4 is 32.6 Å². The third kappa shape index (κ3) is 4.38. The van der Waals surface area contributed by atoms with Gasteiger partial charge in [0, 0.05) is 0 Å². The van der Waals surface area contributed by atoms with E-state index in [4.69, 9.17) is 4.74 Å². The fraction of sp³-hybridized carbons (Fsp3) is 0.263. The Morgan fingerprint density at radius 1 is 1.00 bits per heavy atom. The number of aromatic nitrogens is 1. The number of carbonyl (C=O) groups is 1. The van der Waals surface area contributed by atoms with Gasteiger partial charge in [0.2, 0.25) is 0 Å². The second-order valence-corrected chi connectivity index (χ2v) is 7.27. The maximum absolute atomic E-state index is 13.9. The van der Waals surface area contributed by atoms with Crippen molar-refractivity contribution in [1.29, 1.82) is 0 Å². The molecule has 0 aliphatic carbocycles. The van der Waals surface area contributed by atoms with E-state index in [0.717, 1.165) is 11.4 Å². The predicted octanol–water partition coefficient (Wildman–Crippen LogP) is 5.36. The second kappa shape index (κ2) is 8.25. The van der Waals surface area contributed by atoms with E-state index in [0.29, 0.717) is 16.0 Å². The first-order valence-corrected chi connectivity index (χ1v) is 9.61. The summed E-state index contributed by atoms with van der Waals surface area (Å²) in [7, 11) is 0. The number of ether oxygens (including phenoxy) is 1. The number of nitrogens with one attached hydrogen (secondary N) is 2. The molecule has 3 aromatic rings. The smallest absolute Gasteiger partial charge is 0.439 e. The van der Waals surface area contributed by atoms with Gasteiger partial charge in [0.25, 0.3) is 5.91 Å². The average molecular weight is 463 g/mol. The normalized spacial score (nSPS) is 12.6. The maximum atomic E-state index is 13.9. The molecule has 1 amide bonds. The molecule has 166 valence electrons. The molecule has 31 heavy (non-hydrogen) atoms. The summed E-state index contributed by atoms with van der Waals surface area (Å²) < 4.78 is 88.8. The molecule has 3 rings (SSSR count). The van der Waals surface area contributed by atoms with Crippen molar-refractivity contribution < 1.29 is 35.9 Å². The van der Waals surface area contributed by atoms with Crippen molar-refractivity contribution in [2.75, 3.05) is 11.9 Å². The van der Waals surface area contributed by atoms with Gasteiger partial charge in [0.15, 0.2) is 5.13 Å². The zero-order valence-electron chi connectivity index (χ0n) is 15.8. The quantitative estimate of drug-likeness (QED) is 0.382. The molecule has 12 heteroatoms. The number of anilines is 1. The van der Waals surface area contributed by atoms with Gasteiger partial charge in [0.1, 0.15) is 5.75 Å². The number of amides is 1. The van der Waals surface area contributed by atoms with Gasteiger partial charge < -0.3 is 15.4 Å². The lowest BCUT2D eigenvalue weighted by Crippen LogP contribution is -2.72. The Bertz CT molecular complexity index is 1030. The van der Waals surface area contributed by atoms with Crippen LogP contribution in [0.3, 0.4) is 0 Å². The number of thiazole rings is 1. The zero-order valence-corrected chi connectivity index (χ0v) is 16.6. The molecule has 0 unspecified atom stereocenters. The molecule has 0 radical (unpaired) electrons. The van der Waals surface area contributed by atoms with Crippen LogP contribution in [0.15, 0.2) is 48.5 Å². The second-order valence-electron chi connectivity index (χ2n) is 6.24. The highest BCUT2D eigenvalue weighted by atomic mass is 32.1. The van der Waals surface area contributed by atoms with E-state index in [1.54, 1.807) is 19.1 Å². The van der Waals surface area contributed by atoms with E-state index in [-0.39, 0.29) is 17.9 Å². The Balaban J connectivity index is 2.07. The van der Waals surface area contributed by atoms with Gasteiger partial charge in [-0.2, -0.15) is 26.3 Å². The summed E-state index contributed by atoms with van der Waals surface area (Å²) in [6, 6.07) is 11.1. The van der Waals surface area contributed by atoms with Crippen molar-refractivity contribution in [3.8, 4) is 5.75 Å². The zero-order chi connectivity index (χ0) is 22.9. The lowest BCUT2D eigenvalue weighted by atomic mass is 10.1. The molecule has 0 aliphatic rings. The number of hydrogen-bond acceptors (Lipinski definition) is 5. The Morgan fingerprint density at radius 2 is 1.61 bits per heavy atom. The van der Waals surface area contributed by atoms with E-state index in [9.17, 15) is 31.1 Å². The summed E-state index contributed by atoms with van der Waals surface area (Å²) in [5.41, 5.74) is -5.06. The number of benzene rings is 2. The summed E-state index contributed by atoms with van der Waals surface area (Å²) in [6.07, 6.45) is -11.9. The molecule has 0 atom stereocenters. The summed E-state index contributed by atoms with van der Waals surface area (Å²) in [5, 5.41) is 1.85. The highest BCUT2D eigenvalue weighted by molar-refractivity contribution is 7.22. The summed E-state index contributed by atoms with van der Waals surface area (Å²) >= 11 is 0.592. The maximum Gasteiger partial charge on any atom is 0.439 e. The molecule has 2 N–H and O–H groups in total. The van der Waals surface area contributed by atoms with Crippen molar-refractivity contribution in [1.82, 2.24) is 10.3 Å². The molecular weight excluding hydrogens is 448 g/mol. The van der Waals surface area contributed by atoms with Crippen LogP contribution in [0.25, 0.3) is 10.2 Å². The monoisotopic (exact) mass is 463 g/mol. The molecule has 2 aromatic carbocycles. The van der Waals surface area contributed by atoms with Crippen LogP contribution in [0.4, 0.5) is 31.5 Å². The van der Waals surface area contributed by atoms with Gasteiger partial charge in [-0.15, -0.1) is 0 Å². The van der Waals surface area contributed by atoms with Gasteiger partial charge in [-0.1, -0.05) is 35.6 Å². The van der Waals surface area contributed by atoms with Crippen LogP contribution in [0, 0.1) is 0 Å². The highest BCUT2D eigenvalue weighted by Crippen LogP contribution is 2.44. The Morgan fingerprint density at radius 3 is 2.23 bits per heavy atom. The summed E-state index contributed by atoms with van der Waals surface area (Å²) in [6.45, 7) is 1.61. The lowest BCUT2D eigenvalue weighted by Gasteiger charge is -2.38. The Labute approximate surface area is 176 Å². The van der Waals surface area contributed by atoms with Crippen molar-refractivity contribution in [2.45, 2.75) is 24.9 Å². The SMILES string of the molecule is CCOc1ccccc1C(=O)NC(Nc1nc2ccccc2s1)(C(F)(F)F)C(F)(F)F. The molecule has 0 saturated carbocycles. The van der Waals surface area contributed by atoms with Crippen molar-refractivity contribution in [3.05, 3.63) is 54.1 Å². The number of alkyl halides is 6. The van der Waals surface area contributed by atoms with Crippen molar-refractivity contribution in [2.24, 2.45) is 0 Å². The molecule has 1 aromatic heterocycles. The first-order valence-electron chi connectivity index (χ1n) is 8.80. The van der Waals surface area contributed by atoms with Crippen LogP contribution in [0.5, 0.6) is 5.75 Å². The fourth-order valence-electron chi connectivity index (χ4n) is 2.73. The Kier molecular flexibility index (Phi) is 6.03. The average Bonchev–Trinajstić information content (AvgIpc) is 3.08. The van der Waals surface area contributed by atoms with Gasteiger partial charge >= 0.3 is 18.0 Å². The number of para-hydroxylation sites is 2. The Hall–Kier alpha value is -3.02. The molecular formula is C19H15F6N3O2S. The highest BCUT2D eigenvalue weighted by Gasteiger charge is 2.73. The molecule has 0 spiro atoms. The molecule has 0 saturated heterocycles. The van der Waals surface area contributed by atoms with Gasteiger partial charge in [0.05, 0.1) is 22.4 Å².